The molecule has 0 fully saturated rings. The summed E-state index contributed by atoms with van der Waals surface area (Å²) >= 11 is 0. The van der Waals surface area contributed by atoms with E-state index in [9.17, 15) is 9.59 Å². The molecule has 1 unspecified atom stereocenters. The fourth-order valence-electron chi connectivity index (χ4n) is 2.82. The lowest BCUT2D eigenvalue weighted by Crippen LogP contribution is -2.43. The van der Waals surface area contributed by atoms with E-state index in [1.807, 2.05) is 13.8 Å². The second-order valence-corrected chi connectivity index (χ2v) is 5.83. The third-order valence-corrected chi connectivity index (χ3v) is 4.09. The van der Waals surface area contributed by atoms with Crippen molar-refractivity contribution in [2.75, 3.05) is 18.0 Å². The van der Waals surface area contributed by atoms with Gasteiger partial charge in [0.1, 0.15) is 0 Å². The van der Waals surface area contributed by atoms with Gasteiger partial charge in [-0.25, -0.2) is 4.79 Å². The lowest BCUT2D eigenvalue weighted by molar-refractivity contribution is -0.123. The van der Waals surface area contributed by atoms with Gasteiger partial charge in [0, 0.05) is 18.8 Å². The normalized spacial score (nSPS) is 15.7. The van der Waals surface area contributed by atoms with Crippen LogP contribution in [0.1, 0.15) is 36.2 Å². The van der Waals surface area contributed by atoms with Gasteiger partial charge < -0.3 is 15.7 Å². The molecule has 5 nitrogen and oxygen atoms in total. The third kappa shape index (κ3) is 3.08. The predicted molar refractivity (Wildman–Crippen MR) is 81.5 cm³/mol. The van der Waals surface area contributed by atoms with Crippen LogP contribution in [-0.4, -0.2) is 30.1 Å². The summed E-state index contributed by atoms with van der Waals surface area (Å²) in [5, 5.41) is 9.06. The quantitative estimate of drug-likeness (QED) is 0.887. The molecule has 1 aromatic carbocycles. The number of benzene rings is 1. The van der Waals surface area contributed by atoms with Crippen molar-refractivity contribution < 1.29 is 14.7 Å². The topological polar surface area (TPSA) is 83.6 Å². The van der Waals surface area contributed by atoms with E-state index in [0.29, 0.717) is 13.1 Å². The molecule has 1 aliphatic rings. The molecule has 0 radical (unpaired) electrons. The first kappa shape index (κ1) is 15.5. The smallest absolute Gasteiger partial charge is 0.335 e. The molecule has 1 heterocycles. The van der Waals surface area contributed by atoms with Gasteiger partial charge in [0.2, 0.25) is 5.91 Å². The first-order chi connectivity index (χ1) is 9.95. The number of amides is 1. The van der Waals surface area contributed by atoms with E-state index < -0.39 is 5.97 Å². The highest BCUT2D eigenvalue weighted by atomic mass is 16.4. The Morgan fingerprint density at radius 3 is 2.67 bits per heavy atom. The van der Waals surface area contributed by atoms with E-state index in [0.717, 1.165) is 24.1 Å². The molecule has 0 aromatic heterocycles. The van der Waals surface area contributed by atoms with Gasteiger partial charge in [-0.1, -0.05) is 13.8 Å². The largest absolute Gasteiger partial charge is 0.478 e. The van der Waals surface area contributed by atoms with Crippen LogP contribution in [0.25, 0.3) is 0 Å². The summed E-state index contributed by atoms with van der Waals surface area (Å²) in [7, 11) is 0. The lowest BCUT2D eigenvalue weighted by atomic mass is 9.92. The Balaban J connectivity index is 2.34. The molecule has 0 aliphatic carbocycles. The Morgan fingerprint density at radius 2 is 2.10 bits per heavy atom. The molecule has 21 heavy (non-hydrogen) atoms. The number of hydrogen-bond donors (Lipinski definition) is 2. The van der Waals surface area contributed by atoms with Crippen molar-refractivity contribution in [2.24, 2.45) is 17.6 Å². The summed E-state index contributed by atoms with van der Waals surface area (Å²) in [6.45, 7) is 4.98. The Hall–Kier alpha value is -1.88. The van der Waals surface area contributed by atoms with Crippen LogP contribution in [0.4, 0.5) is 5.69 Å². The van der Waals surface area contributed by atoms with Crippen LogP contribution in [0.2, 0.25) is 0 Å². The molecule has 114 valence electrons. The van der Waals surface area contributed by atoms with Gasteiger partial charge in [0.25, 0.3) is 0 Å². The number of fused-ring (bicyclic) bond motifs is 1. The molecule has 1 atom stereocenters. The molecule has 0 saturated carbocycles. The molecular weight excluding hydrogens is 268 g/mol. The number of rotatable bonds is 4. The molecule has 1 aromatic rings. The van der Waals surface area contributed by atoms with E-state index in [2.05, 4.69) is 0 Å². The number of anilines is 1. The Labute approximate surface area is 124 Å². The van der Waals surface area contributed by atoms with Gasteiger partial charge in [0.05, 0.1) is 11.5 Å². The Bertz CT molecular complexity index is 554. The van der Waals surface area contributed by atoms with Crippen LogP contribution >= 0.6 is 0 Å². The minimum atomic E-state index is -0.941. The van der Waals surface area contributed by atoms with Gasteiger partial charge in [0.15, 0.2) is 0 Å². The van der Waals surface area contributed by atoms with Crippen LogP contribution in [-0.2, 0) is 11.2 Å². The monoisotopic (exact) mass is 290 g/mol. The number of hydrogen-bond acceptors (Lipinski definition) is 3. The second-order valence-electron chi connectivity index (χ2n) is 5.83. The SMILES string of the molecule is CC(C)C(CN)C(=O)N1CCCc2cc(C(=O)O)ccc21. The van der Waals surface area contributed by atoms with Crippen molar-refractivity contribution in [1.29, 1.82) is 0 Å². The number of carbonyl (C=O) groups excluding carboxylic acids is 1. The molecular formula is C16H22N2O3. The molecule has 5 heteroatoms. The summed E-state index contributed by atoms with van der Waals surface area (Å²) in [5.74, 6) is -0.916. The first-order valence-corrected chi connectivity index (χ1v) is 7.33. The summed E-state index contributed by atoms with van der Waals surface area (Å²) in [6.07, 6.45) is 1.65. The van der Waals surface area contributed by atoms with E-state index in [1.165, 1.54) is 0 Å². The molecule has 1 aliphatic heterocycles. The van der Waals surface area contributed by atoms with Crippen molar-refractivity contribution in [2.45, 2.75) is 26.7 Å². The number of nitrogens with zero attached hydrogens (tertiary/aromatic N) is 1. The van der Waals surface area contributed by atoms with Gasteiger partial charge in [-0.2, -0.15) is 0 Å². The highest BCUT2D eigenvalue weighted by Gasteiger charge is 2.30. The summed E-state index contributed by atoms with van der Waals surface area (Å²) in [5.41, 5.74) is 7.76. The van der Waals surface area contributed by atoms with Crippen LogP contribution < -0.4 is 10.6 Å². The number of carboxylic acids is 1. The fraction of sp³-hybridized carbons (Fsp3) is 0.500. The van der Waals surface area contributed by atoms with Crippen LogP contribution in [0, 0.1) is 11.8 Å². The summed E-state index contributed by atoms with van der Waals surface area (Å²) < 4.78 is 0. The fourth-order valence-corrected chi connectivity index (χ4v) is 2.82. The number of carbonyl (C=O) groups is 2. The molecule has 2 rings (SSSR count). The van der Waals surface area contributed by atoms with Crippen molar-refractivity contribution in [1.82, 2.24) is 0 Å². The van der Waals surface area contributed by atoms with Crippen LogP contribution in [0.15, 0.2) is 18.2 Å². The van der Waals surface area contributed by atoms with Crippen molar-refractivity contribution in [3.8, 4) is 0 Å². The minimum Gasteiger partial charge on any atom is -0.478 e. The number of aromatic carboxylic acids is 1. The van der Waals surface area contributed by atoms with Gasteiger partial charge >= 0.3 is 5.97 Å². The molecule has 0 spiro atoms. The summed E-state index contributed by atoms with van der Waals surface area (Å²) in [6, 6.07) is 4.97. The number of nitrogens with two attached hydrogens (primary N) is 1. The van der Waals surface area contributed by atoms with E-state index >= 15 is 0 Å². The maximum absolute atomic E-state index is 12.7. The highest BCUT2D eigenvalue weighted by Crippen LogP contribution is 2.30. The number of aryl methyl sites for hydroxylation is 1. The Morgan fingerprint density at radius 1 is 1.38 bits per heavy atom. The second kappa shape index (κ2) is 6.26. The zero-order valence-electron chi connectivity index (χ0n) is 12.5. The van der Waals surface area contributed by atoms with Crippen LogP contribution in [0.3, 0.4) is 0 Å². The maximum Gasteiger partial charge on any atom is 0.335 e. The average Bonchev–Trinajstić information content (AvgIpc) is 2.46. The molecule has 3 N–H and O–H groups in total. The first-order valence-electron chi connectivity index (χ1n) is 7.33. The molecule has 1 amide bonds. The zero-order chi connectivity index (χ0) is 15.6. The lowest BCUT2D eigenvalue weighted by Gasteiger charge is -2.33. The van der Waals surface area contributed by atoms with Crippen molar-refractivity contribution in [3.63, 3.8) is 0 Å². The van der Waals surface area contributed by atoms with Gasteiger partial charge in [-0.3, -0.25) is 4.79 Å². The Kier molecular flexibility index (Phi) is 4.63. The maximum atomic E-state index is 12.7. The van der Waals surface area contributed by atoms with Gasteiger partial charge in [-0.05, 0) is 42.5 Å². The standard InChI is InChI=1S/C16H22N2O3/c1-10(2)13(9-17)15(19)18-7-3-4-11-8-12(16(20)21)5-6-14(11)18/h5-6,8,10,13H,3-4,7,9,17H2,1-2H3,(H,20,21). The van der Waals surface area contributed by atoms with E-state index in [1.54, 1.807) is 23.1 Å². The minimum absolute atomic E-state index is 0.0384. The van der Waals surface area contributed by atoms with Gasteiger partial charge in [-0.15, -0.1) is 0 Å². The van der Waals surface area contributed by atoms with E-state index in [4.69, 9.17) is 10.8 Å². The van der Waals surface area contributed by atoms with Crippen LogP contribution in [0.5, 0.6) is 0 Å². The molecule has 0 bridgehead atoms. The third-order valence-electron chi connectivity index (χ3n) is 4.09. The number of carboxylic acid groups (broad SMARTS) is 1. The van der Waals surface area contributed by atoms with Crippen molar-refractivity contribution in [3.05, 3.63) is 29.3 Å². The molecule has 0 saturated heterocycles. The average molecular weight is 290 g/mol. The zero-order valence-corrected chi connectivity index (χ0v) is 12.5. The summed E-state index contributed by atoms with van der Waals surface area (Å²) in [4.78, 5) is 25.5. The van der Waals surface area contributed by atoms with E-state index in [-0.39, 0.29) is 23.3 Å². The van der Waals surface area contributed by atoms with Crippen molar-refractivity contribution >= 4 is 17.6 Å². The predicted octanol–water partition coefficient (Wildman–Crippen LogP) is 1.89. The highest BCUT2D eigenvalue weighted by molar-refractivity contribution is 5.97.